The third kappa shape index (κ3) is 4.36. The summed E-state index contributed by atoms with van der Waals surface area (Å²) in [6, 6.07) is 4.32. The highest BCUT2D eigenvalue weighted by Crippen LogP contribution is 2.37. The summed E-state index contributed by atoms with van der Waals surface area (Å²) in [6.45, 7) is 15.9. The third-order valence-electron chi connectivity index (χ3n) is 4.32. The number of hydrogen-bond donors (Lipinski definition) is 0. The van der Waals surface area contributed by atoms with Gasteiger partial charge in [-0.2, -0.15) is 0 Å². The van der Waals surface area contributed by atoms with Gasteiger partial charge in [0.05, 0.1) is 7.11 Å². The molecule has 1 heteroatoms. The first kappa shape index (κ1) is 17.8. The van der Waals surface area contributed by atoms with Gasteiger partial charge in [-0.05, 0) is 79.8 Å². The van der Waals surface area contributed by atoms with Crippen LogP contribution in [0.25, 0.3) is 5.57 Å². The first-order chi connectivity index (χ1) is 9.81. The Hall–Kier alpha value is -1.24. The van der Waals surface area contributed by atoms with Crippen molar-refractivity contribution in [1.82, 2.24) is 0 Å². The van der Waals surface area contributed by atoms with Gasteiger partial charge < -0.3 is 4.74 Å². The highest BCUT2D eigenvalue weighted by molar-refractivity contribution is 5.75. The Bertz CT molecular complexity index is 486. The number of benzene rings is 1. The van der Waals surface area contributed by atoms with Crippen molar-refractivity contribution < 1.29 is 4.74 Å². The van der Waals surface area contributed by atoms with Crippen LogP contribution in [0.15, 0.2) is 17.7 Å². The quantitative estimate of drug-likeness (QED) is 0.607. The van der Waals surface area contributed by atoms with E-state index in [1.807, 2.05) is 0 Å². The Morgan fingerprint density at radius 2 is 1.62 bits per heavy atom. The fourth-order valence-electron chi connectivity index (χ4n) is 3.36. The topological polar surface area (TPSA) is 9.23 Å². The molecule has 1 nitrogen and oxygen atoms in total. The van der Waals surface area contributed by atoms with Gasteiger partial charge in [0.2, 0.25) is 0 Å². The van der Waals surface area contributed by atoms with Gasteiger partial charge in [-0.15, -0.1) is 0 Å². The van der Waals surface area contributed by atoms with Crippen LogP contribution >= 0.6 is 0 Å². The van der Waals surface area contributed by atoms with Gasteiger partial charge >= 0.3 is 0 Å². The third-order valence-corrected chi connectivity index (χ3v) is 4.32. The molecule has 21 heavy (non-hydrogen) atoms. The fraction of sp³-hybridized carbons (Fsp3) is 0.600. The van der Waals surface area contributed by atoms with Crippen molar-refractivity contribution >= 4 is 5.57 Å². The summed E-state index contributed by atoms with van der Waals surface area (Å²) in [6.07, 6.45) is 2.35. The van der Waals surface area contributed by atoms with Crippen LogP contribution < -0.4 is 4.74 Å². The summed E-state index contributed by atoms with van der Waals surface area (Å²) >= 11 is 0. The first-order valence-electron chi connectivity index (χ1n) is 8.16. The molecule has 0 aliphatic rings. The molecular weight excluding hydrogens is 256 g/mol. The summed E-state index contributed by atoms with van der Waals surface area (Å²) in [5, 5.41) is 0. The number of rotatable bonds is 6. The molecule has 118 valence electrons. The van der Waals surface area contributed by atoms with Gasteiger partial charge in [-0.1, -0.05) is 33.3 Å². The molecule has 0 saturated carbocycles. The Morgan fingerprint density at radius 3 is 2.00 bits per heavy atom. The van der Waals surface area contributed by atoms with E-state index in [0.29, 0.717) is 5.92 Å². The molecule has 1 aromatic carbocycles. The molecule has 1 rings (SSSR count). The van der Waals surface area contributed by atoms with E-state index >= 15 is 0 Å². The zero-order chi connectivity index (χ0) is 16.2. The highest BCUT2D eigenvalue weighted by Gasteiger charge is 2.19. The van der Waals surface area contributed by atoms with Crippen LogP contribution in [0.3, 0.4) is 0 Å². The molecule has 0 N–H and O–H groups in total. The first-order valence-corrected chi connectivity index (χ1v) is 8.16. The van der Waals surface area contributed by atoms with E-state index in [1.54, 1.807) is 12.7 Å². The zero-order valence-corrected chi connectivity index (χ0v) is 15.1. The van der Waals surface area contributed by atoms with Crippen LogP contribution in [0.4, 0.5) is 0 Å². The molecule has 0 amide bonds. The summed E-state index contributed by atoms with van der Waals surface area (Å²) in [4.78, 5) is 0. The minimum atomic E-state index is 0.593. The molecule has 0 heterocycles. The Balaban J connectivity index is 3.42. The maximum absolute atomic E-state index is 5.41. The van der Waals surface area contributed by atoms with Gasteiger partial charge in [0.25, 0.3) is 0 Å². The zero-order valence-electron chi connectivity index (χ0n) is 15.1. The lowest BCUT2D eigenvalue weighted by atomic mass is 9.81. The molecule has 1 aromatic rings. The lowest BCUT2D eigenvalue weighted by Gasteiger charge is -2.25. The van der Waals surface area contributed by atoms with Crippen molar-refractivity contribution in [2.45, 2.75) is 61.3 Å². The Kier molecular flexibility index (Phi) is 6.51. The van der Waals surface area contributed by atoms with Gasteiger partial charge in [-0.25, -0.2) is 0 Å². The predicted molar refractivity (Wildman–Crippen MR) is 94.0 cm³/mol. The van der Waals surface area contributed by atoms with Crippen LogP contribution in [0.2, 0.25) is 0 Å². The number of allylic oxidation sites excluding steroid dienone is 2. The maximum Gasteiger partial charge on any atom is 0.119 e. The second-order valence-corrected chi connectivity index (χ2v) is 6.71. The van der Waals surface area contributed by atoms with Crippen molar-refractivity contribution in [1.29, 1.82) is 0 Å². The van der Waals surface area contributed by atoms with E-state index in [0.717, 1.165) is 18.1 Å². The minimum Gasteiger partial charge on any atom is -0.497 e. The lowest BCUT2D eigenvalue weighted by molar-refractivity contribution is 0.414. The Morgan fingerprint density at radius 1 is 1.10 bits per heavy atom. The number of methoxy groups -OCH3 is 1. The van der Waals surface area contributed by atoms with Crippen molar-refractivity contribution in [2.24, 2.45) is 11.8 Å². The molecule has 0 saturated heterocycles. The monoisotopic (exact) mass is 288 g/mol. The average molecular weight is 288 g/mol. The summed E-state index contributed by atoms with van der Waals surface area (Å²) in [5.41, 5.74) is 7.14. The maximum atomic E-state index is 5.41. The van der Waals surface area contributed by atoms with Crippen molar-refractivity contribution in [3.8, 4) is 5.75 Å². The second kappa shape index (κ2) is 7.68. The van der Waals surface area contributed by atoms with Crippen molar-refractivity contribution in [2.75, 3.05) is 7.11 Å². The Labute approximate surface area is 131 Å². The molecule has 0 aliphatic carbocycles. The molecule has 0 aromatic heterocycles. The van der Waals surface area contributed by atoms with E-state index in [-0.39, 0.29) is 0 Å². The standard InChI is InChI=1S/C20H32O/c1-9-14(4)19(15(5)10-13(2)3)20-16(6)11-18(21-8)12-17(20)7/h11-13,15H,9-10H2,1-8H3/b19-14+/t15-/m0/s1. The summed E-state index contributed by atoms with van der Waals surface area (Å²) in [5.74, 6) is 2.27. The molecule has 0 spiro atoms. The second-order valence-electron chi connectivity index (χ2n) is 6.71. The van der Waals surface area contributed by atoms with Crippen LogP contribution in [0.1, 0.15) is 64.2 Å². The molecule has 0 aliphatic heterocycles. The van der Waals surface area contributed by atoms with Crippen LogP contribution in [0.5, 0.6) is 5.75 Å². The van der Waals surface area contributed by atoms with E-state index in [1.165, 1.54) is 28.7 Å². The van der Waals surface area contributed by atoms with Gasteiger partial charge in [0, 0.05) is 0 Å². The average Bonchev–Trinajstić information content (AvgIpc) is 2.40. The van der Waals surface area contributed by atoms with Gasteiger partial charge in [0.15, 0.2) is 0 Å². The van der Waals surface area contributed by atoms with E-state index in [9.17, 15) is 0 Å². The summed E-state index contributed by atoms with van der Waals surface area (Å²) < 4.78 is 5.41. The normalized spacial score (nSPS) is 14.1. The molecule has 0 bridgehead atoms. The van der Waals surface area contributed by atoms with Crippen molar-refractivity contribution in [3.05, 3.63) is 34.4 Å². The fourth-order valence-corrected chi connectivity index (χ4v) is 3.36. The largest absolute Gasteiger partial charge is 0.497 e. The van der Waals surface area contributed by atoms with E-state index in [4.69, 9.17) is 4.74 Å². The molecule has 0 radical (unpaired) electrons. The van der Waals surface area contributed by atoms with Gasteiger partial charge in [0.1, 0.15) is 5.75 Å². The number of hydrogen-bond acceptors (Lipinski definition) is 1. The number of aryl methyl sites for hydroxylation is 2. The molecule has 1 atom stereocenters. The summed E-state index contributed by atoms with van der Waals surface area (Å²) in [7, 11) is 1.74. The SMILES string of the molecule is CC/C(C)=C(/c1c(C)cc(OC)cc1C)[C@@H](C)CC(C)C. The minimum absolute atomic E-state index is 0.593. The van der Waals surface area contributed by atoms with E-state index in [2.05, 4.69) is 60.6 Å². The molecule has 0 fully saturated rings. The lowest BCUT2D eigenvalue weighted by Crippen LogP contribution is -2.08. The van der Waals surface area contributed by atoms with Crippen LogP contribution in [0, 0.1) is 25.7 Å². The highest BCUT2D eigenvalue weighted by atomic mass is 16.5. The number of ether oxygens (including phenoxy) is 1. The van der Waals surface area contributed by atoms with Crippen LogP contribution in [-0.4, -0.2) is 7.11 Å². The van der Waals surface area contributed by atoms with Crippen LogP contribution in [-0.2, 0) is 0 Å². The van der Waals surface area contributed by atoms with E-state index < -0.39 is 0 Å². The molecule has 0 unspecified atom stereocenters. The van der Waals surface area contributed by atoms with Gasteiger partial charge in [-0.3, -0.25) is 0 Å². The molecular formula is C20H32O. The van der Waals surface area contributed by atoms with Crippen molar-refractivity contribution in [3.63, 3.8) is 0 Å². The predicted octanol–water partition coefficient (Wildman–Crippen LogP) is 6.18. The smallest absolute Gasteiger partial charge is 0.119 e.